The lowest BCUT2D eigenvalue weighted by Crippen LogP contribution is -2.49. The Morgan fingerprint density at radius 2 is 2.00 bits per heavy atom. The summed E-state index contributed by atoms with van der Waals surface area (Å²) in [5.41, 5.74) is 4.12. The maximum atomic E-state index is 12.2. The van der Waals surface area contributed by atoms with E-state index in [1.165, 1.54) is 42.5 Å². The van der Waals surface area contributed by atoms with Crippen molar-refractivity contribution < 1.29 is 4.79 Å². The SMILES string of the molecule is Cc1cccc(N2CCN(CC(=O)NCCC3=CCCCC3)CC2)c1. The van der Waals surface area contributed by atoms with Gasteiger partial charge in [-0.2, -0.15) is 0 Å². The van der Waals surface area contributed by atoms with Gasteiger partial charge in [-0.1, -0.05) is 23.8 Å². The smallest absolute Gasteiger partial charge is 0.234 e. The summed E-state index contributed by atoms with van der Waals surface area (Å²) in [5.74, 6) is 0.167. The molecule has 0 spiro atoms. The lowest BCUT2D eigenvalue weighted by atomic mass is 9.97. The predicted molar refractivity (Wildman–Crippen MR) is 104 cm³/mol. The quantitative estimate of drug-likeness (QED) is 0.808. The van der Waals surface area contributed by atoms with Gasteiger partial charge in [-0.15, -0.1) is 0 Å². The molecule has 1 aliphatic heterocycles. The van der Waals surface area contributed by atoms with Crippen molar-refractivity contribution in [1.82, 2.24) is 10.2 Å². The number of benzene rings is 1. The molecule has 136 valence electrons. The van der Waals surface area contributed by atoms with Crippen LogP contribution >= 0.6 is 0 Å². The van der Waals surface area contributed by atoms with E-state index in [1.807, 2.05) is 0 Å². The molecule has 0 radical (unpaired) electrons. The number of nitrogens with zero attached hydrogens (tertiary/aromatic N) is 2. The van der Waals surface area contributed by atoms with Crippen LogP contribution in [-0.4, -0.2) is 50.1 Å². The van der Waals surface area contributed by atoms with Crippen LogP contribution in [0.1, 0.15) is 37.7 Å². The number of rotatable bonds is 6. The third kappa shape index (κ3) is 5.60. The van der Waals surface area contributed by atoms with Crippen molar-refractivity contribution in [1.29, 1.82) is 0 Å². The van der Waals surface area contributed by atoms with Gasteiger partial charge in [-0.05, 0) is 56.7 Å². The Morgan fingerprint density at radius 1 is 1.16 bits per heavy atom. The van der Waals surface area contributed by atoms with Crippen LogP contribution in [0.25, 0.3) is 0 Å². The Hall–Kier alpha value is -1.81. The van der Waals surface area contributed by atoms with Crippen LogP contribution < -0.4 is 10.2 Å². The standard InChI is InChI=1S/C21H31N3O/c1-18-6-5-9-20(16-18)24-14-12-23(13-15-24)17-21(25)22-11-10-19-7-3-2-4-8-19/h5-7,9,16H,2-4,8,10-15,17H2,1H3,(H,22,25). The molecule has 4 heteroatoms. The van der Waals surface area contributed by atoms with E-state index in [1.54, 1.807) is 0 Å². The van der Waals surface area contributed by atoms with Gasteiger partial charge in [0.05, 0.1) is 6.54 Å². The van der Waals surface area contributed by atoms with Crippen molar-refractivity contribution in [2.45, 2.75) is 39.0 Å². The van der Waals surface area contributed by atoms with Crippen LogP contribution in [0.15, 0.2) is 35.9 Å². The Kier molecular flexibility index (Phi) is 6.51. The summed E-state index contributed by atoms with van der Waals surface area (Å²) in [6.07, 6.45) is 8.45. The summed E-state index contributed by atoms with van der Waals surface area (Å²) in [6, 6.07) is 8.66. The lowest BCUT2D eigenvalue weighted by molar-refractivity contribution is -0.122. The van der Waals surface area contributed by atoms with Gasteiger partial charge < -0.3 is 10.2 Å². The topological polar surface area (TPSA) is 35.6 Å². The second kappa shape index (κ2) is 9.04. The summed E-state index contributed by atoms with van der Waals surface area (Å²) in [6.45, 7) is 7.33. The van der Waals surface area contributed by atoms with Crippen LogP contribution in [0, 0.1) is 6.92 Å². The molecule has 2 aliphatic rings. The zero-order chi connectivity index (χ0) is 17.5. The Balaban J connectivity index is 1.35. The van der Waals surface area contributed by atoms with Gasteiger partial charge in [0.15, 0.2) is 0 Å². The van der Waals surface area contributed by atoms with Crippen LogP contribution in [0.2, 0.25) is 0 Å². The molecule has 1 N–H and O–H groups in total. The van der Waals surface area contributed by atoms with E-state index in [-0.39, 0.29) is 5.91 Å². The molecule has 0 atom stereocenters. The predicted octanol–water partition coefficient (Wildman–Crippen LogP) is 3.12. The molecule has 1 aromatic carbocycles. The number of anilines is 1. The summed E-state index contributed by atoms with van der Waals surface area (Å²) < 4.78 is 0. The number of hydrogen-bond donors (Lipinski definition) is 1. The number of hydrogen-bond acceptors (Lipinski definition) is 3. The van der Waals surface area contributed by atoms with Gasteiger partial charge in [0, 0.05) is 38.4 Å². The minimum absolute atomic E-state index is 0.167. The third-order valence-corrected chi connectivity index (χ3v) is 5.26. The van der Waals surface area contributed by atoms with Crippen LogP contribution in [0.4, 0.5) is 5.69 Å². The molecule has 0 unspecified atom stereocenters. The van der Waals surface area contributed by atoms with Crippen LogP contribution in [0.5, 0.6) is 0 Å². The van der Waals surface area contributed by atoms with E-state index in [9.17, 15) is 4.79 Å². The fraction of sp³-hybridized carbons (Fsp3) is 0.571. The Morgan fingerprint density at radius 3 is 2.72 bits per heavy atom. The van der Waals surface area contributed by atoms with Gasteiger partial charge >= 0.3 is 0 Å². The molecule has 1 amide bonds. The molecule has 1 aliphatic carbocycles. The van der Waals surface area contributed by atoms with Gasteiger partial charge in [0.2, 0.25) is 5.91 Å². The molecule has 1 aromatic rings. The number of aryl methyl sites for hydroxylation is 1. The second-order valence-electron chi connectivity index (χ2n) is 7.31. The molecule has 25 heavy (non-hydrogen) atoms. The van der Waals surface area contributed by atoms with E-state index < -0.39 is 0 Å². The zero-order valence-corrected chi connectivity index (χ0v) is 15.5. The molecular formula is C21H31N3O. The highest BCUT2D eigenvalue weighted by atomic mass is 16.2. The van der Waals surface area contributed by atoms with Crippen molar-refractivity contribution >= 4 is 11.6 Å². The first-order valence-electron chi connectivity index (χ1n) is 9.69. The summed E-state index contributed by atoms with van der Waals surface area (Å²) in [4.78, 5) is 16.8. The maximum Gasteiger partial charge on any atom is 0.234 e. The van der Waals surface area contributed by atoms with Crippen molar-refractivity contribution in [3.8, 4) is 0 Å². The number of carbonyl (C=O) groups is 1. The van der Waals surface area contributed by atoms with E-state index in [2.05, 4.69) is 52.4 Å². The first-order valence-corrected chi connectivity index (χ1v) is 9.69. The molecule has 1 heterocycles. The van der Waals surface area contributed by atoms with Crippen molar-refractivity contribution in [3.05, 3.63) is 41.5 Å². The maximum absolute atomic E-state index is 12.2. The largest absolute Gasteiger partial charge is 0.369 e. The van der Waals surface area contributed by atoms with Crippen molar-refractivity contribution in [3.63, 3.8) is 0 Å². The van der Waals surface area contributed by atoms with E-state index in [0.29, 0.717) is 6.54 Å². The fourth-order valence-electron chi connectivity index (χ4n) is 3.74. The third-order valence-electron chi connectivity index (χ3n) is 5.26. The second-order valence-corrected chi connectivity index (χ2v) is 7.31. The number of allylic oxidation sites excluding steroid dienone is 1. The normalized spacial score (nSPS) is 18.8. The number of amides is 1. The van der Waals surface area contributed by atoms with Crippen molar-refractivity contribution in [2.75, 3.05) is 44.2 Å². The van der Waals surface area contributed by atoms with Crippen LogP contribution in [0.3, 0.4) is 0 Å². The molecule has 0 bridgehead atoms. The number of nitrogens with one attached hydrogen (secondary N) is 1. The van der Waals surface area contributed by atoms with Gasteiger partial charge in [0.25, 0.3) is 0 Å². The highest BCUT2D eigenvalue weighted by Crippen LogP contribution is 2.19. The molecule has 3 rings (SSSR count). The number of piperazine rings is 1. The average molecular weight is 341 g/mol. The van der Waals surface area contributed by atoms with E-state index in [4.69, 9.17) is 0 Å². The highest BCUT2D eigenvalue weighted by Gasteiger charge is 2.19. The van der Waals surface area contributed by atoms with E-state index in [0.717, 1.165) is 39.1 Å². The van der Waals surface area contributed by atoms with Gasteiger partial charge in [-0.25, -0.2) is 0 Å². The first-order chi connectivity index (χ1) is 12.2. The van der Waals surface area contributed by atoms with Gasteiger partial charge in [0.1, 0.15) is 0 Å². The summed E-state index contributed by atoms with van der Waals surface area (Å²) in [5, 5.41) is 3.09. The fourth-order valence-corrected chi connectivity index (χ4v) is 3.74. The minimum atomic E-state index is 0.167. The molecule has 4 nitrogen and oxygen atoms in total. The molecular weight excluding hydrogens is 310 g/mol. The zero-order valence-electron chi connectivity index (χ0n) is 15.5. The summed E-state index contributed by atoms with van der Waals surface area (Å²) >= 11 is 0. The van der Waals surface area contributed by atoms with E-state index >= 15 is 0 Å². The molecule has 0 aromatic heterocycles. The van der Waals surface area contributed by atoms with Crippen LogP contribution in [-0.2, 0) is 4.79 Å². The Labute approximate surface area is 151 Å². The number of carbonyl (C=O) groups excluding carboxylic acids is 1. The first kappa shape index (κ1) is 18.0. The lowest BCUT2D eigenvalue weighted by Gasteiger charge is -2.35. The highest BCUT2D eigenvalue weighted by molar-refractivity contribution is 5.78. The average Bonchev–Trinajstić information content (AvgIpc) is 2.63. The molecule has 0 saturated carbocycles. The van der Waals surface area contributed by atoms with Gasteiger partial charge in [-0.3, -0.25) is 9.69 Å². The minimum Gasteiger partial charge on any atom is -0.369 e. The molecule has 1 saturated heterocycles. The molecule has 1 fully saturated rings. The van der Waals surface area contributed by atoms with Crippen molar-refractivity contribution in [2.24, 2.45) is 0 Å². The summed E-state index contributed by atoms with van der Waals surface area (Å²) in [7, 11) is 0. The Bertz CT molecular complexity index is 603. The monoisotopic (exact) mass is 341 g/mol.